The highest BCUT2D eigenvalue weighted by atomic mass is 79.9. The van der Waals surface area contributed by atoms with Gasteiger partial charge in [0, 0.05) is 5.56 Å². The van der Waals surface area contributed by atoms with E-state index in [0.29, 0.717) is 0 Å². The van der Waals surface area contributed by atoms with Gasteiger partial charge in [0.15, 0.2) is 5.78 Å². The maximum Gasteiger partial charge on any atom is 0.387 e. The van der Waals surface area contributed by atoms with Crippen molar-refractivity contribution >= 4 is 33.3 Å². The Morgan fingerprint density at radius 1 is 1.50 bits per heavy atom. The van der Waals surface area contributed by atoms with Crippen LogP contribution in [0.2, 0.25) is 5.02 Å². The smallest absolute Gasteiger partial charge is 0.387 e. The Kier molecular flexibility index (Phi) is 4.68. The molecule has 0 spiro atoms. The van der Waals surface area contributed by atoms with Crippen LogP contribution in [0.3, 0.4) is 0 Å². The van der Waals surface area contributed by atoms with Gasteiger partial charge >= 0.3 is 6.61 Å². The molecular formula is C10H8BrClF2O2. The molecule has 0 radical (unpaired) electrons. The minimum Gasteiger partial charge on any atom is -0.435 e. The SMILES string of the molecule is CC(Br)C(=O)c1ccc(OC(F)F)cc1Cl. The van der Waals surface area contributed by atoms with Crippen LogP contribution in [-0.4, -0.2) is 17.2 Å². The van der Waals surface area contributed by atoms with Crippen molar-refractivity contribution in [2.24, 2.45) is 0 Å². The quantitative estimate of drug-likeness (QED) is 0.622. The van der Waals surface area contributed by atoms with Gasteiger partial charge in [-0.2, -0.15) is 8.78 Å². The number of hydrogen-bond acceptors (Lipinski definition) is 2. The number of benzene rings is 1. The maximum atomic E-state index is 11.9. The second-order valence-electron chi connectivity index (χ2n) is 3.00. The molecule has 0 bridgehead atoms. The lowest BCUT2D eigenvalue weighted by Crippen LogP contribution is -2.11. The van der Waals surface area contributed by atoms with E-state index in [9.17, 15) is 13.6 Å². The van der Waals surface area contributed by atoms with Crippen molar-refractivity contribution in [3.8, 4) is 5.75 Å². The number of ether oxygens (including phenoxy) is 1. The lowest BCUT2D eigenvalue weighted by atomic mass is 10.1. The van der Waals surface area contributed by atoms with Gasteiger partial charge < -0.3 is 4.74 Å². The van der Waals surface area contributed by atoms with Gasteiger partial charge in [0.05, 0.1) is 9.85 Å². The molecule has 1 aromatic carbocycles. The van der Waals surface area contributed by atoms with E-state index in [-0.39, 0.29) is 26.9 Å². The third kappa shape index (κ3) is 3.42. The summed E-state index contributed by atoms with van der Waals surface area (Å²) in [7, 11) is 0. The molecule has 1 rings (SSSR count). The third-order valence-electron chi connectivity index (χ3n) is 1.79. The van der Waals surface area contributed by atoms with Crippen molar-refractivity contribution < 1.29 is 18.3 Å². The number of halogens is 4. The second-order valence-corrected chi connectivity index (χ2v) is 4.78. The Labute approximate surface area is 105 Å². The Morgan fingerprint density at radius 3 is 2.56 bits per heavy atom. The fourth-order valence-corrected chi connectivity index (χ4v) is 1.60. The molecular weight excluding hydrogens is 305 g/mol. The molecule has 0 aliphatic carbocycles. The number of hydrogen-bond donors (Lipinski definition) is 0. The van der Waals surface area contributed by atoms with E-state index in [1.165, 1.54) is 18.2 Å². The van der Waals surface area contributed by atoms with Crippen LogP contribution in [0.15, 0.2) is 18.2 Å². The van der Waals surface area contributed by atoms with Gasteiger partial charge in [-0.1, -0.05) is 27.5 Å². The van der Waals surface area contributed by atoms with E-state index in [2.05, 4.69) is 20.7 Å². The first-order chi connectivity index (χ1) is 7.41. The van der Waals surface area contributed by atoms with Crippen LogP contribution in [0.1, 0.15) is 17.3 Å². The summed E-state index contributed by atoms with van der Waals surface area (Å²) in [5, 5.41) is 0.0921. The maximum absolute atomic E-state index is 11.9. The molecule has 0 fully saturated rings. The van der Waals surface area contributed by atoms with Gasteiger partial charge in [0.1, 0.15) is 5.75 Å². The molecule has 88 valence electrons. The molecule has 6 heteroatoms. The van der Waals surface area contributed by atoms with Crippen molar-refractivity contribution in [1.29, 1.82) is 0 Å². The molecule has 0 aromatic heterocycles. The first-order valence-corrected chi connectivity index (χ1v) is 5.64. The number of alkyl halides is 3. The second kappa shape index (κ2) is 5.59. The Balaban J connectivity index is 2.96. The van der Waals surface area contributed by atoms with Crippen molar-refractivity contribution in [1.82, 2.24) is 0 Å². The summed E-state index contributed by atoms with van der Waals surface area (Å²) in [5.74, 6) is -0.285. The molecule has 0 aliphatic rings. The summed E-state index contributed by atoms with van der Waals surface area (Å²) in [6.45, 7) is -1.25. The van der Waals surface area contributed by atoms with Gasteiger partial charge in [-0.25, -0.2) is 0 Å². The highest BCUT2D eigenvalue weighted by Gasteiger charge is 2.16. The van der Waals surface area contributed by atoms with E-state index in [4.69, 9.17) is 11.6 Å². The minimum atomic E-state index is -2.91. The van der Waals surface area contributed by atoms with E-state index in [0.717, 1.165) is 0 Å². The normalized spacial score (nSPS) is 12.6. The Hall–Kier alpha value is -0.680. The summed E-state index contributed by atoms with van der Waals surface area (Å²) < 4.78 is 27.9. The summed E-state index contributed by atoms with van der Waals surface area (Å²) in [5.41, 5.74) is 0.271. The van der Waals surface area contributed by atoms with Crippen LogP contribution < -0.4 is 4.74 Å². The van der Waals surface area contributed by atoms with Gasteiger partial charge in [-0.3, -0.25) is 4.79 Å². The van der Waals surface area contributed by atoms with Crippen LogP contribution >= 0.6 is 27.5 Å². The van der Waals surface area contributed by atoms with Gasteiger partial charge in [-0.15, -0.1) is 0 Å². The van der Waals surface area contributed by atoms with E-state index < -0.39 is 6.61 Å². The number of rotatable bonds is 4. The topological polar surface area (TPSA) is 26.3 Å². The summed E-state index contributed by atoms with van der Waals surface area (Å²) in [6.07, 6.45) is 0. The predicted octanol–water partition coefficient (Wildman–Crippen LogP) is 3.91. The van der Waals surface area contributed by atoms with Crippen molar-refractivity contribution in [2.75, 3.05) is 0 Å². The van der Waals surface area contributed by atoms with Crippen LogP contribution in [0.5, 0.6) is 5.75 Å². The molecule has 0 N–H and O–H groups in total. The van der Waals surface area contributed by atoms with Crippen LogP contribution in [0.4, 0.5) is 8.78 Å². The molecule has 1 atom stereocenters. The van der Waals surface area contributed by atoms with E-state index in [1.807, 2.05) is 0 Å². The predicted molar refractivity (Wildman–Crippen MR) is 60.8 cm³/mol. The highest BCUT2D eigenvalue weighted by Crippen LogP contribution is 2.25. The fourth-order valence-electron chi connectivity index (χ4n) is 1.09. The third-order valence-corrected chi connectivity index (χ3v) is 2.52. The number of carbonyl (C=O) groups is 1. The van der Waals surface area contributed by atoms with Gasteiger partial charge in [0.2, 0.25) is 0 Å². The van der Waals surface area contributed by atoms with Gasteiger partial charge in [0.25, 0.3) is 0 Å². The first-order valence-electron chi connectivity index (χ1n) is 4.34. The Bertz CT molecular complexity index is 396. The summed E-state index contributed by atoms with van der Waals surface area (Å²) in [4.78, 5) is 11.2. The summed E-state index contributed by atoms with van der Waals surface area (Å²) >= 11 is 8.90. The average molecular weight is 314 g/mol. The zero-order valence-corrected chi connectivity index (χ0v) is 10.6. The number of carbonyl (C=O) groups excluding carboxylic acids is 1. The Morgan fingerprint density at radius 2 is 2.12 bits per heavy atom. The monoisotopic (exact) mass is 312 g/mol. The molecule has 0 amide bonds. The summed E-state index contributed by atoms with van der Waals surface area (Å²) in [6, 6.07) is 3.83. The molecule has 0 aliphatic heterocycles. The molecule has 0 saturated heterocycles. The largest absolute Gasteiger partial charge is 0.435 e. The van der Waals surface area contributed by atoms with E-state index >= 15 is 0 Å². The molecule has 1 unspecified atom stereocenters. The fraction of sp³-hybridized carbons (Fsp3) is 0.300. The number of Topliss-reactive ketones (excluding diaryl/α,β-unsaturated/α-hetero) is 1. The highest BCUT2D eigenvalue weighted by molar-refractivity contribution is 9.10. The average Bonchev–Trinajstić information content (AvgIpc) is 2.15. The van der Waals surface area contributed by atoms with Crippen LogP contribution in [-0.2, 0) is 0 Å². The van der Waals surface area contributed by atoms with Crippen molar-refractivity contribution in [3.05, 3.63) is 28.8 Å². The van der Waals surface area contributed by atoms with Gasteiger partial charge in [-0.05, 0) is 25.1 Å². The van der Waals surface area contributed by atoms with Crippen molar-refractivity contribution in [3.63, 3.8) is 0 Å². The zero-order valence-electron chi connectivity index (χ0n) is 8.22. The molecule has 0 saturated carbocycles. The zero-order chi connectivity index (χ0) is 12.3. The van der Waals surface area contributed by atoms with Crippen molar-refractivity contribution in [2.45, 2.75) is 18.4 Å². The number of ketones is 1. The lowest BCUT2D eigenvalue weighted by Gasteiger charge is -2.08. The molecule has 1 aromatic rings. The standard InChI is InChI=1S/C10H8BrClF2O2/c1-5(11)9(15)7-3-2-6(4-8(7)12)16-10(13)14/h2-5,10H,1H3. The van der Waals surface area contributed by atoms with Crippen LogP contribution in [0.25, 0.3) is 0 Å². The molecule has 2 nitrogen and oxygen atoms in total. The lowest BCUT2D eigenvalue weighted by molar-refractivity contribution is -0.0498. The minimum absolute atomic E-state index is 0.0706. The first kappa shape index (κ1) is 13.4. The van der Waals surface area contributed by atoms with E-state index in [1.54, 1.807) is 6.92 Å². The molecule has 16 heavy (non-hydrogen) atoms. The van der Waals surface area contributed by atoms with Crippen LogP contribution in [0, 0.1) is 0 Å². The molecule has 0 heterocycles.